The van der Waals surface area contributed by atoms with E-state index >= 15 is 0 Å². The number of ether oxygens (including phenoxy) is 1. The van der Waals surface area contributed by atoms with Gasteiger partial charge in [-0.15, -0.1) is 0 Å². The van der Waals surface area contributed by atoms with Crippen LogP contribution in [0.25, 0.3) is 11.2 Å². The van der Waals surface area contributed by atoms with Gasteiger partial charge in [-0.05, 0) is 25.3 Å². The molecule has 0 saturated heterocycles. The van der Waals surface area contributed by atoms with Crippen molar-refractivity contribution in [1.29, 1.82) is 0 Å². The van der Waals surface area contributed by atoms with Gasteiger partial charge in [0.1, 0.15) is 11.6 Å². The molecule has 0 spiro atoms. The fourth-order valence-electron chi connectivity index (χ4n) is 2.51. The van der Waals surface area contributed by atoms with Crippen molar-refractivity contribution in [2.75, 3.05) is 0 Å². The van der Waals surface area contributed by atoms with Crippen molar-refractivity contribution in [2.45, 2.75) is 44.2 Å². The van der Waals surface area contributed by atoms with E-state index in [1.54, 1.807) is 12.4 Å². The van der Waals surface area contributed by atoms with Gasteiger partial charge in [0.25, 0.3) is 0 Å². The van der Waals surface area contributed by atoms with E-state index in [1.807, 2.05) is 12.1 Å². The molecule has 100 valence electrons. The lowest BCUT2D eigenvalue weighted by Crippen LogP contribution is -2.38. The Balaban J connectivity index is 1.80. The van der Waals surface area contributed by atoms with Crippen LogP contribution < -0.4 is 10.5 Å². The number of fused-ring (bicyclic) bond motifs is 1. The Bertz CT molecular complexity index is 560. The summed E-state index contributed by atoms with van der Waals surface area (Å²) in [5, 5.41) is 0. The maximum atomic E-state index is 6.16. The molecular weight excluding hydrogens is 240 g/mol. The fourth-order valence-corrected chi connectivity index (χ4v) is 2.51. The smallest absolute Gasteiger partial charge is 0.215 e. The van der Waals surface area contributed by atoms with E-state index in [1.165, 1.54) is 19.3 Å². The van der Waals surface area contributed by atoms with Crippen molar-refractivity contribution in [3.05, 3.63) is 24.5 Å². The Morgan fingerprint density at radius 1 is 1.05 bits per heavy atom. The van der Waals surface area contributed by atoms with Crippen molar-refractivity contribution in [3.8, 4) is 5.88 Å². The van der Waals surface area contributed by atoms with Gasteiger partial charge >= 0.3 is 0 Å². The van der Waals surface area contributed by atoms with Gasteiger partial charge in [-0.25, -0.2) is 4.98 Å². The average molecular weight is 258 g/mol. The lowest BCUT2D eigenvalue weighted by Gasteiger charge is -2.22. The summed E-state index contributed by atoms with van der Waals surface area (Å²) in [6, 6.07) is 3.82. The van der Waals surface area contributed by atoms with Crippen LogP contribution in [0.15, 0.2) is 24.5 Å². The van der Waals surface area contributed by atoms with E-state index in [9.17, 15) is 0 Å². The fraction of sp³-hybridized carbons (Fsp3) is 0.500. The summed E-state index contributed by atoms with van der Waals surface area (Å²) in [5.74, 6) is 0.593. The summed E-state index contributed by atoms with van der Waals surface area (Å²) < 4.78 is 5.95. The minimum atomic E-state index is 0.0594. The summed E-state index contributed by atoms with van der Waals surface area (Å²) in [6.07, 6.45) is 8.99. The van der Waals surface area contributed by atoms with Crippen LogP contribution in [0.1, 0.15) is 32.1 Å². The van der Waals surface area contributed by atoms with Crippen molar-refractivity contribution >= 4 is 11.2 Å². The Labute approximate surface area is 112 Å². The van der Waals surface area contributed by atoms with Gasteiger partial charge in [-0.2, -0.15) is 4.98 Å². The quantitative estimate of drug-likeness (QED) is 0.835. The molecule has 1 aliphatic carbocycles. The first-order chi connectivity index (χ1) is 9.33. The highest BCUT2D eigenvalue weighted by Crippen LogP contribution is 2.22. The highest BCUT2D eigenvalue weighted by Gasteiger charge is 2.22. The second kappa shape index (κ2) is 5.48. The Morgan fingerprint density at radius 3 is 2.84 bits per heavy atom. The second-order valence-electron chi connectivity index (χ2n) is 5.01. The van der Waals surface area contributed by atoms with Crippen molar-refractivity contribution in [1.82, 2.24) is 15.0 Å². The number of hydrogen-bond donors (Lipinski definition) is 1. The maximum Gasteiger partial charge on any atom is 0.215 e. The van der Waals surface area contributed by atoms with Crippen molar-refractivity contribution in [2.24, 2.45) is 5.73 Å². The lowest BCUT2D eigenvalue weighted by atomic mass is 10.1. The third-order valence-electron chi connectivity index (χ3n) is 3.58. The predicted molar refractivity (Wildman–Crippen MR) is 72.8 cm³/mol. The van der Waals surface area contributed by atoms with Crippen LogP contribution in [0.4, 0.5) is 0 Å². The van der Waals surface area contributed by atoms with Gasteiger partial charge in [0.05, 0.1) is 0 Å². The van der Waals surface area contributed by atoms with Crippen LogP contribution in [0.5, 0.6) is 5.88 Å². The van der Waals surface area contributed by atoms with Gasteiger partial charge in [-0.3, -0.25) is 4.98 Å². The summed E-state index contributed by atoms with van der Waals surface area (Å²) in [6.45, 7) is 0. The third-order valence-corrected chi connectivity index (χ3v) is 3.58. The molecule has 19 heavy (non-hydrogen) atoms. The topological polar surface area (TPSA) is 73.9 Å². The highest BCUT2D eigenvalue weighted by molar-refractivity contribution is 5.69. The number of nitrogens with zero attached hydrogens (tertiary/aromatic N) is 3. The number of aromatic nitrogens is 3. The van der Waals surface area contributed by atoms with E-state index in [-0.39, 0.29) is 12.1 Å². The molecule has 2 N–H and O–H groups in total. The van der Waals surface area contributed by atoms with E-state index in [0.717, 1.165) is 18.4 Å². The maximum absolute atomic E-state index is 6.16. The molecule has 0 aromatic carbocycles. The zero-order valence-corrected chi connectivity index (χ0v) is 10.8. The van der Waals surface area contributed by atoms with E-state index < -0.39 is 0 Å². The zero-order valence-electron chi connectivity index (χ0n) is 10.8. The number of nitrogens with two attached hydrogens (primary N) is 1. The van der Waals surface area contributed by atoms with Crippen LogP contribution in [0.2, 0.25) is 0 Å². The molecule has 5 heteroatoms. The van der Waals surface area contributed by atoms with Gasteiger partial charge in [0.2, 0.25) is 5.88 Å². The standard InChI is InChI=1S/C14H18N4O/c15-10-4-2-1-3-5-12(10)19-13-7-6-11-14(18-13)17-9-8-16-11/h6-10,12H,1-5,15H2. The van der Waals surface area contributed by atoms with Gasteiger partial charge in [-0.1, -0.05) is 12.8 Å². The first kappa shape index (κ1) is 12.3. The molecule has 0 amide bonds. The van der Waals surface area contributed by atoms with Gasteiger partial charge < -0.3 is 10.5 Å². The minimum absolute atomic E-state index is 0.0594. The van der Waals surface area contributed by atoms with Crippen LogP contribution in [-0.2, 0) is 0 Å². The molecule has 0 bridgehead atoms. The van der Waals surface area contributed by atoms with E-state index in [2.05, 4.69) is 15.0 Å². The summed E-state index contributed by atoms with van der Waals surface area (Å²) >= 11 is 0. The molecule has 0 radical (unpaired) electrons. The zero-order chi connectivity index (χ0) is 13.1. The minimum Gasteiger partial charge on any atom is -0.473 e. The van der Waals surface area contributed by atoms with E-state index in [4.69, 9.17) is 10.5 Å². The third kappa shape index (κ3) is 2.81. The highest BCUT2D eigenvalue weighted by atomic mass is 16.5. The first-order valence-corrected chi connectivity index (χ1v) is 6.83. The molecule has 2 aromatic rings. The van der Waals surface area contributed by atoms with E-state index in [0.29, 0.717) is 11.5 Å². The van der Waals surface area contributed by atoms with Crippen LogP contribution in [0.3, 0.4) is 0 Å². The number of pyridine rings is 1. The molecular formula is C14H18N4O. The summed E-state index contributed by atoms with van der Waals surface area (Å²) in [7, 11) is 0. The van der Waals surface area contributed by atoms with Gasteiger partial charge in [0.15, 0.2) is 5.65 Å². The predicted octanol–water partition coefficient (Wildman–Crippen LogP) is 2.06. The Kier molecular flexibility index (Phi) is 3.55. The van der Waals surface area contributed by atoms with Crippen molar-refractivity contribution in [3.63, 3.8) is 0 Å². The molecule has 2 unspecified atom stereocenters. The molecule has 5 nitrogen and oxygen atoms in total. The molecule has 1 saturated carbocycles. The monoisotopic (exact) mass is 258 g/mol. The lowest BCUT2D eigenvalue weighted by molar-refractivity contribution is 0.156. The SMILES string of the molecule is NC1CCCCCC1Oc1ccc2nccnc2n1. The molecule has 2 heterocycles. The number of hydrogen-bond acceptors (Lipinski definition) is 5. The molecule has 3 rings (SSSR count). The largest absolute Gasteiger partial charge is 0.473 e. The van der Waals surface area contributed by atoms with Gasteiger partial charge in [0, 0.05) is 24.5 Å². The van der Waals surface area contributed by atoms with Crippen molar-refractivity contribution < 1.29 is 4.74 Å². The molecule has 1 aliphatic rings. The van der Waals surface area contributed by atoms with Crippen LogP contribution >= 0.6 is 0 Å². The normalized spacial score (nSPS) is 24.1. The molecule has 0 aliphatic heterocycles. The van der Waals surface area contributed by atoms with Crippen LogP contribution in [0, 0.1) is 0 Å². The Hall–Kier alpha value is -1.75. The second-order valence-corrected chi connectivity index (χ2v) is 5.01. The molecule has 2 atom stereocenters. The summed E-state index contributed by atoms with van der Waals surface area (Å²) in [4.78, 5) is 12.8. The van der Waals surface area contributed by atoms with Crippen LogP contribution in [-0.4, -0.2) is 27.1 Å². The molecule has 1 fully saturated rings. The average Bonchev–Trinajstić information content (AvgIpc) is 2.64. The number of rotatable bonds is 2. The Morgan fingerprint density at radius 2 is 1.89 bits per heavy atom. The first-order valence-electron chi connectivity index (χ1n) is 6.83. The summed E-state index contributed by atoms with van der Waals surface area (Å²) in [5.41, 5.74) is 7.55. The molecule has 2 aromatic heterocycles.